The number of hydrogen-bond acceptors (Lipinski definition) is 2. The average Bonchev–Trinajstić information content (AvgIpc) is 2.50. The van der Waals surface area contributed by atoms with Crippen molar-refractivity contribution in [2.45, 2.75) is 18.7 Å². The van der Waals surface area contributed by atoms with Crippen molar-refractivity contribution in [3.05, 3.63) is 35.4 Å². The Balaban J connectivity index is 2.22. The first-order valence-electron chi connectivity index (χ1n) is 5.20. The highest BCUT2D eigenvalue weighted by Crippen LogP contribution is 2.22. The van der Waals surface area contributed by atoms with E-state index in [1.54, 1.807) is 24.3 Å². The van der Waals surface area contributed by atoms with Crippen molar-refractivity contribution >= 4 is 23.4 Å². The number of hydrogen-bond donors (Lipinski definition) is 0. The van der Waals surface area contributed by atoms with Gasteiger partial charge in [-0.15, -0.1) is 11.6 Å². The van der Waals surface area contributed by atoms with E-state index >= 15 is 0 Å². The van der Waals surface area contributed by atoms with E-state index in [0.717, 1.165) is 0 Å². The molecule has 0 saturated carbocycles. The molecule has 0 saturated heterocycles. The molecule has 4 heteroatoms. The zero-order valence-electron chi connectivity index (χ0n) is 8.94. The number of halogens is 1. The van der Waals surface area contributed by atoms with Crippen LogP contribution < -0.4 is 0 Å². The maximum Gasteiger partial charge on any atom is 0.261 e. The SMILES string of the molecule is CC(Cl)CCN1C(=O)c2ccccc2C1=O. The molecule has 16 heavy (non-hydrogen) atoms. The second-order valence-electron chi connectivity index (χ2n) is 3.88. The molecule has 0 fully saturated rings. The number of carbonyl (C=O) groups excluding carboxylic acids is 2. The van der Waals surface area contributed by atoms with Crippen LogP contribution in [-0.2, 0) is 0 Å². The molecule has 1 aliphatic heterocycles. The van der Waals surface area contributed by atoms with Gasteiger partial charge in [-0.3, -0.25) is 14.5 Å². The molecule has 1 aliphatic rings. The van der Waals surface area contributed by atoms with E-state index < -0.39 is 0 Å². The lowest BCUT2D eigenvalue weighted by Gasteiger charge is -2.14. The zero-order chi connectivity index (χ0) is 11.7. The molecule has 1 heterocycles. The Labute approximate surface area is 99.0 Å². The third kappa shape index (κ3) is 1.83. The van der Waals surface area contributed by atoms with E-state index in [4.69, 9.17) is 11.6 Å². The largest absolute Gasteiger partial charge is 0.274 e. The molecule has 0 spiro atoms. The van der Waals surface area contributed by atoms with Gasteiger partial charge < -0.3 is 0 Å². The first-order valence-corrected chi connectivity index (χ1v) is 5.64. The zero-order valence-corrected chi connectivity index (χ0v) is 9.70. The monoisotopic (exact) mass is 237 g/mol. The van der Waals surface area contributed by atoms with Gasteiger partial charge in [-0.25, -0.2) is 0 Å². The van der Waals surface area contributed by atoms with Crippen LogP contribution in [0, 0.1) is 0 Å². The molecular formula is C12H12ClNO2. The van der Waals surface area contributed by atoms with Crippen LogP contribution in [0.5, 0.6) is 0 Å². The topological polar surface area (TPSA) is 37.4 Å². The molecule has 0 bridgehead atoms. The molecule has 1 unspecified atom stereocenters. The standard InChI is InChI=1S/C12H12ClNO2/c1-8(13)6-7-14-11(15)9-4-2-3-5-10(9)12(14)16/h2-5,8H,6-7H2,1H3. The van der Waals surface area contributed by atoms with Crippen LogP contribution in [-0.4, -0.2) is 28.6 Å². The third-order valence-electron chi connectivity index (χ3n) is 2.63. The van der Waals surface area contributed by atoms with Gasteiger partial charge in [0.2, 0.25) is 0 Å². The summed E-state index contributed by atoms with van der Waals surface area (Å²) < 4.78 is 0. The summed E-state index contributed by atoms with van der Waals surface area (Å²) in [6.07, 6.45) is 0.618. The summed E-state index contributed by atoms with van der Waals surface area (Å²) in [5.41, 5.74) is 0.990. The number of rotatable bonds is 3. The Morgan fingerprint density at radius 1 is 1.19 bits per heavy atom. The van der Waals surface area contributed by atoms with E-state index in [1.165, 1.54) is 4.90 Å². The second-order valence-corrected chi connectivity index (χ2v) is 4.62. The van der Waals surface area contributed by atoms with Gasteiger partial charge >= 0.3 is 0 Å². The van der Waals surface area contributed by atoms with Crippen LogP contribution in [0.15, 0.2) is 24.3 Å². The minimum atomic E-state index is -0.210. The number of benzene rings is 1. The Kier molecular flexibility index (Phi) is 2.97. The number of fused-ring (bicyclic) bond motifs is 1. The third-order valence-corrected chi connectivity index (χ3v) is 2.85. The van der Waals surface area contributed by atoms with Gasteiger partial charge in [-0.1, -0.05) is 12.1 Å². The van der Waals surface area contributed by atoms with Gasteiger partial charge in [0.25, 0.3) is 11.8 Å². The molecule has 3 nitrogen and oxygen atoms in total. The number of alkyl halides is 1. The van der Waals surface area contributed by atoms with E-state index in [-0.39, 0.29) is 17.2 Å². The predicted molar refractivity (Wildman–Crippen MR) is 61.7 cm³/mol. The summed E-state index contributed by atoms with van der Waals surface area (Å²) in [5.74, 6) is -0.421. The van der Waals surface area contributed by atoms with Crippen LogP contribution in [0.1, 0.15) is 34.1 Å². The summed E-state index contributed by atoms with van der Waals surface area (Å²) in [4.78, 5) is 25.0. The lowest BCUT2D eigenvalue weighted by atomic mass is 10.1. The van der Waals surface area contributed by atoms with Crippen molar-refractivity contribution in [3.63, 3.8) is 0 Å². The van der Waals surface area contributed by atoms with E-state index in [9.17, 15) is 9.59 Å². The predicted octanol–water partition coefficient (Wildman–Crippen LogP) is 2.30. The summed E-state index contributed by atoms with van der Waals surface area (Å²) in [7, 11) is 0. The van der Waals surface area contributed by atoms with Gasteiger partial charge in [-0.2, -0.15) is 0 Å². The maximum atomic E-state index is 11.9. The summed E-state index contributed by atoms with van der Waals surface area (Å²) >= 11 is 5.81. The highest BCUT2D eigenvalue weighted by molar-refractivity contribution is 6.22. The molecule has 2 rings (SSSR count). The average molecular weight is 238 g/mol. The Morgan fingerprint density at radius 3 is 2.12 bits per heavy atom. The minimum absolute atomic E-state index is 0.0377. The second kappa shape index (κ2) is 4.26. The van der Waals surface area contributed by atoms with Crippen LogP contribution in [0.2, 0.25) is 0 Å². The van der Waals surface area contributed by atoms with Crippen LogP contribution >= 0.6 is 11.6 Å². The molecule has 0 aliphatic carbocycles. The van der Waals surface area contributed by atoms with Crippen LogP contribution in [0.3, 0.4) is 0 Å². The number of imide groups is 1. The molecular weight excluding hydrogens is 226 g/mol. The maximum absolute atomic E-state index is 11.9. The van der Waals surface area contributed by atoms with Crippen molar-refractivity contribution in [2.24, 2.45) is 0 Å². The van der Waals surface area contributed by atoms with Crippen molar-refractivity contribution in [2.75, 3.05) is 6.54 Å². The normalized spacial score (nSPS) is 16.5. The molecule has 0 N–H and O–H groups in total. The fraction of sp³-hybridized carbons (Fsp3) is 0.333. The minimum Gasteiger partial charge on any atom is -0.274 e. The Hall–Kier alpha value is -1.35. The lowest BCUT2D eigenvalue weighted by Crippen LogP contribution is -2.31. The van der Waals surface area contributed by atoms with E-state index in [2.05, 4.69) is 0 Å². The van der Waals surface area contributed by atoms with Crippen molar-refractivity contribution in [1.29, 1.82) is 0 Å². The number of amides is 2. The van der Waals surface area contributed by atoms with Gasteiger partial charge in [0.1, 0.15) is 0 Å². The van der Waals surface area contributed by atoms with Gasteiger partial charge in [0, 0.05) is 11.9 Å². The van der Waals surface area contributed by atoms with Crippen LogP contribution in [0.25, 0.3) is 0 Å². The van der Waals surface area contributed by atoms with Crippen molar-refractivity contribution in [1.82, 2.24) is 4.90 Å². The van der Waals surface area contributed by atoms with Gasteiger partial charge in [0.05, 0.1) is 11.1 Å². The molecule has 1 aromatic rings. The lowest BCUT2D eigenvalue weighted by molar-refractivity contribution is 0.0653. The van der Waals surface area contributed by atoms with Crippen LogP contribution in [0.4, 0.5) is 0 Å². The summed E-state index contributed by atoms with van der Waals surface area (Å²) in [6.45, 7) is 2.23. The quantitative estimate of drug-likeness (QED) is 0.598. The Morgan fingerprint density at radius 2 is 1.69 bits per heavy atom. The molecule has 1 aromatic carbocycles. The summed E-state index contributed by atoms with van der Waals surface area (Å²) in [5, 5.41) is -0.0377. The molecule has 1 atom stereocenters. The Bertz CT molecular complexity index is 407. The van der Waals surface area contributed by atoms with E-state index in [0.29, 0.717) is 24.1 Å². The van der Waals surface area contributed by atoms with Gasteiger partial charge in [0.15, 0.2) is 0 Å². The number of nitrogens with zero attached hydrogens (tertiary/aromatic N) is 1. The van der Waals surface area contributed by atoms with Gasteiger partial charge in [-0.05, 0) is 25.5 Å². The highest BCUT2D eigenvalue weighted by atomic mass is 35.5. The highest BCUT2D eigenvalue weighted by Gasteiger charge is 2.34. The summed E-state index contributed by atoms with van der Waals surface area (Å²) in [6, 6.07) is 6.88. The molecule has 0 radical (unpaired) electrons. The molecule has 2 amide bonds. The van der Waals surface area contributed by atoms with Crippen molar-refractivity contribution < 1.29 is 9.59 Å². The fourth-order valence-corrected chi connectivity index (χ4v) is 1.85. The fourth-order valence-electron chi connectivity index (χ4n) is 1.75. The molecule has 84 valence electrons. The first kappa shape index (κ1) is 11.1. The van der Waals surface area contributed by atoms with E-state index in [1.807, 2.05) is 6.92 Å². The number of carbonyl (C=O) groups is 2. The molecule has 0 aromatic heterocycles. The van der Waals surface area contributed by atoms with Crippen molar-refractivity contribution in [3.8, 4) is 0 Å². The first-order chi connectivity index (χ1) is 7.61. The smallest absolute Gasteiger partial charge is 0.261 e.